The Kier molecular flexibility index (Phi) is 7.98. The molecule has 0 unspecified atom stereocenters. The lowest BCUT2D eigenvalue weighted by atomic mass is 10.0. The van der Waals surface area contributed by atoms with Crippen molar-refractivity contribution in [3.63, 3.8) is 0 Å². The van der Waals surface area contributed by atoms with Gasteiger partial charge in [-0.3, -0.25) is 9.48 Å². The number of nitrogens with zero attached hydrogens (tertiary/aromatic N) is 2. The number of phenolic OH excluding ortho intramolecular Hbond substituents is 1. The maximum absolute atomic E-state index is 11.2. The summed E-state index contributed by atoms with van der Waals surface area (Å²) in [6, 6.07) is 7.21. The number of thioether (sulfide) groups is 1. The van der Waals surface area contributed by atoms with Gasteiger partial charge in [-0.2, -0.15) is 16.9 Å². The predicted molar refractivity (Wildman–Crippen MR) is 112 cm³/mol. The summed E-state index contributed by atoms with van der Waals surface area (Å²) in [5.74, 6) is 2.34. The number of rotatable bonds is 6. The lowest BCUT2D eigenvalue weighted by Crippen LogP contribution is -2.15. The number of ether oxygens (including phenoxy) is 1. The van der Waals surface area contributed by atoms with Crippen LogP contribution in [0.15, 0.2) is 36.0 Å². The molecular formula is C21H28N2O3S. The zero-order valence-corrected chi connectivity index (χ0v) is 17.3. The van der Waals surface area contributed by atoms with Gasteiger partial charge in [0.15, 0.2) is 6.29 Å². The number of hydrogen-bond donors (Lipinski definition) is 1. The predicted octanol–water partition coefficient (Wildman–Crippen LogP) is 4.98. The highest BCUT2D eigenvalue weighted by Gasteiger charge is 2.20. The molecule has 3 rings (SSSR count). The quantitative estimate of drug-likeness (QED) is 0.707. The van der Waals surface area contributed by atoms with Gasteiger partial charge in [0.2, 0.25) is 0 Å². The van der Waals surface area contributed by atoms with E-state index in [4.69, 9.17) is 4.74 Å². The van der Waals surface area contributed by atoms with Gasteiger partial charge in [0.05, 0.1) is 11.3 Å². The summed E-state index contributed by atoms with van der Waals surface area (Å²) in [7, 11) is 0. The van der Waals surface area contributed by atoms with E-state index in [1.54, 1.807) is 12.1 Å². The number of aldehydes is 1. The number of aromatic nitrogens is 2. The summed E-state index contributed by atoms with van der Waals surface area (Å²) >= 11 is 1.91. The summed E-state index contributed by atoms with van der Waals surface area (Å²) in [6.45, 7) is 8.64. The molecule has 0 saturated heterocycles. The minimum Gasteiger partial charge on any atom is -0.507 e. The molecule has 0 fully saturated rings. The van der Waals surface area contributed by atoms with Crippen LogP contribution >= 0.6 is 11.8 Å². The highest BCUT2D eigenvalue weighted by atomic mass is 32.2. The fourth-order valence-corrected chi connectivity index (χ4v) is 4.03. The molecule has 2 heterocycles. The van der Waals surface area contributed by atoms with E-state index in [9.17, 15) is 9.90 Å². The van der Waals surface area contributed by atoms with Crippen LogP contribution in [0.4, 0.5) is 0 Å². The standard InChI is InChI=1S/C19H22N2O3S.C2H6/c1-13(2)21-17(6-8-20-21)16-12-25-9-7-14(16)11-24-19-5-3-4-18(23)15(19)10-22;1-2/h3-6,8,10,13,23H,7,9,11-12H2,1-2H3;1-2H3. The Morgan fingerprint density at radius 1 is 1.33 bits per heavy atom. The third-order valence-corrected chi connectivity index (χ3v) is 5.24. The Labute approximate surface area is 165 Å². The second-order valence-corrected chi connectivity index (χ2v) is 7.34. The molecule has 0 saturated carbocycles. The Balaban J connectivity index is 0.00000126. The fourth-order valence-electron chi connectivity index (χ4n) is 2.94. The number of benzene rings is 1. The molecule has 0 aliphatic carbocycles. The zero-order chi connectivity index (χ0) is 19.8. The van der Waals surface area contributed by atoms with Crippen molar-refractivity contribution >= 4 is 23.6 Å². The first kappa shape index (κ1) is 21.1. The molecule has 0 atom stereocenters. The topological polar surface area (TPSA) is 64.3 Å². The van der Waals surface area contributed by atoms with Crippen molar-refractivity contribution in [2.75, 3.05) is 18.1 Å². The zero-order valence-electron chi connectivity index (χ0n) is 16.4. The Morgan fingerprint density at radius 2 is 2.11 bits per heavy atom. The van der Waals surface area contributed by atoms with Crippen molar-refractivity contribution < 1.29 is 14.6 Å². The normalized spacial score (nSPS) is 14.0. The van der Waals surface area contributed by atoms with Crippen LogP contribution in [0.5, 0.6) is 11.5 Å². The van der Waals surface area contributed by atoms with E-state index in [1.165, 1.54) is 17.2 Å². The summed E-state index contributed by atoms with van der Waals surface area (Å²) in [6.07, 6.45) is 3.41. The molecule has 1 N–H and O–H groups in total. The van der Waals surface area contributed by atoms with Crippen LogP contribution in [-0.4, -0.2) is 39.3 Å². The number of aromatic hydroxyl groups is 1. The van der Waals surface area contributed by atoms with E-state index >= 15 is 0 Å². The number of carbonyl (C=O) groups excluding carboxylic acids is 1. The molecule has 27 heavy (non-hydrogen) atoms. The third-order valence-electron chi connectivity index (χ3n) is 4.25. The maximum Gasteiger partial charge on any atom is 0.157 e. The van der Waals surface area contributed by atoms with E-state index in [2.05, 4.69) is 18.9 Å². The van der Waals surface area contributed by atoms with Gasteiger partial charge in [0.1, 0.15) is 18.1 Å². The summed E-state index contributed by atoms with van der Waals surface area (Å²) < 4.78 is 7.92. The van der Waals surface area contributed by atoms with Gasteiger partial charge in [-0.25, -0.2) is 0 Å². The lowest BCUT2D eigenvalue weighted by Gasteiger charge is -2.22. The fraction of sp³-hybridized carbons (Fsp3) is 0.429. The molecule has 6 heteroatoms. The van der Waals surface area contributed by atoms with Crippen LogP contribution in [0.25, 0.3) is 5.57 Å². The van der Waals surface area contributed by atoms with E-state index in [0.717, 1.165) is 23.6 Å². The highest BCUT2D eigenvalue weighted by Crippen LogP contribution is 2.33. The second kappa shape index (κ2) is 10.2. The smallest absolute Gasteiger partial charge is 0.157 e. The van der Waals surface area contributed by atoms with Crippen molar-refractivity contribution in [2.24, 2.45) is 0 Å². The van der Waals surface area contributed by atoms with E-state index in [0.29, 0.717) is 24.7 Å². The maximum atomic E-state index is 11.2. The molecule has 0 bridgehead atoms. The number of carbonyl (C=O) groups is 1. The molecule has 1 aromatic carbocycles. The molecule has 0 spiro atoms. The summed E-state index contributed by atoms with van der Waals surface area (Å²) in [5, 5.41) is 14.2. The number of hydrogen-bond acceptors (Lipinski definition) is 5. The molecule has 146 valence electrons. The van der Waals surface area contributed by atoms with Crippen molar-refractivity contribution in [3.8, 4) is 11.5 Å². The van der Waals surface area contributed by atoms with Crippen LogP contribution in [0.3, 0.4) is 0 Å². The molecule has 1 aliphatic heterocycles. The minimum atomic E-state index is -0.0567. The van der Waals surface area contributed by atoms with Gasteiger partial charge >= 0.3 is 0 Å². The highest BCUT2D eigenvalue weighted by molar-refractivity contribution is 7.99. The van der Waals surface area contributed by atoms with Gasteiger partial charge in [-0.15, -0.1) is 0 Å². The first-order chi connectivity index (χ1) is 13.1. The molecule has 1 aliphatic rings. The van der Waals surface area contributed by atoms with Crippen LogP contribution in [0.1, 0.15) is 56.2 Å². The van der Waals surface area contributed by atoms with Gasteiger partial charge < -0.3 is 9.84 Å². The van der Waals surface area contributed by atoms with Crippen LogP contribution in [0, 0.1) is 0 Å². The van der Waals surface area contributed by atoms with Crippen LogP contribution in [0.2, 0.25) is 0 Å². The van der Waals surface area contributed by atoms with Crippen LogP contribution < -0.4 is 4.74 Å². The van der Waals surface area contributed by atoms with Crippen molar-refractivity contribution in [1.29, 1.82) is 0 Å². The van der Waals surface area contributed by atoms with Crippen molar-refractivity contribution in [1.82, 2.24) is 9.78 Å². The average molecular weight is 389 g/mol. The van der Waals surface area contributed by atoms with E-state index < -0.39 is 0 Å². The first-order valence-electron chi connectivity index (χ1n) is 9.34. The van der Waals surface area contributed by atoms with Gasteiger partial charge in [0, 0.05) is 18.0 Å². The molecule has 1 aromatic heterocycles. The molecule has 0 radical (unpaired) electrons. The average Bonchev–Trinajstić information content (AvgIpc) is 3.18. The summed E-state index contributed by atoms with van der Waals surface area (Å²) in [4.78, 5) is 11.2. The van der Waals surface area contributed by atoms with Gasteiger partial charge in [-0.1, -0.05) is 19.9 Å². The Hall–Kier alpha value is -2.21. The van der Waals surface area contributed by atoms with Crippen molar-refractivity contribution in [2.45, 2.75) is 40.2 Å². The second-order valence-electron chi connectivity index (χ2n) is 6.23. The lowest BCUT2D eigenvalue weighted by molar-refractivity contribution is 0.111. The van der Waals surface area contributed by atoms with Gasteiger partial charge in [-0.05, 0) is 55.4 Å². The molecular weight excluding hydrogens is 360 g/mol. The number of phenols is 1. The van der Waals surface area contributed by atoms with E-state index in [-0.39, 0.29) is 11.3 Å². The van der Waals surface area contributed by atoms with Gasteiger partial charge in [0.25, 0.3) is 0 Å². The molecule has 2 aromatic rings. The minimum absolute atomic E-state index is 0.0567. The van der Waals surface area contributed by atoms with E-state index in [1.807, 2.05) is 42.6 Å². The Bertz CT molecular complexity index is 796. The first-order valence-corrected chi connectivity index (χ1v) is 10.5. The molecule has 5 nitrogen and oxygen atoms in total. The van der Waals surface area contributed by atoms with Crippen LogP contribution in [-0.2, 0) is 0 Å². The summed E-state index contributed by atoms with van der Waals surface area (Å²) in [5.41, 5.74) is 3.81. The third kappa shape index (κ3) is 4.95. The SMILES string of the molecule is CC.CC(C)n1nccc1C1=C(COc2cccc(O)c2C=O)CCSC1. The Morgan fingerprint density at radius 3 is 2.81 bits per heavy atom. The monoisotopic (exact) mass is 388 g/mol. The molecule has 0 amide bonds. The largest absolute Gasteiger partial charge is 0.507 e. The van der Waals surface area contributed by atoms with Crippen molar-refractivity contribution in [3.05, 3.63) is 47.3 Å².